The van der Waals surface area contributed by atoms with E-state index < -0.39 is 0 Å². The predicted octanol–water partition coefficient (Wildman–Crippen LogP) is 2.74. The maximum Gasteiger partial charge on any atom is 0.317 e. The maximum absolute atomic E-state index is 13.8. The second kappa shape index (κ2) is 11.2. The van der Waals surface area contributed by atoms with Crippen LogP contribution in [0.5, 0.6) is 0 Å². The van der Waals surface area contributed by atoms with Crippen molar-refractivity contribution in [1.82, 2.24) is 30.2 Å². The lowest BCUT2D eigenvalue weighted by atomic mass is 10.0. The Kier molecular flexibility index (Phi) is 7.36. The van der Waals surface area contributed by atoms with E-state index in [1.54, 1.807) is 20.7 Å². The number of piperazine rings is 1. The summed E-state index contributed by atoms with van der Waals surface area (Å²) < 4.78 is 1.78. The van der Waals surface area contributed by atoms with Gasteiger partial charge in [0.05, 0.1) is 30.7 Å². The molecule has 2 fully saturated rings. The van der Waals surface area contributed by atoms with Gasteiger partial charge in [0.25, 0.3) is 5.91 Å². The monoisotopic (exact) mass is 556 g/mol. The molecule has 3 N–H and O–H groups in total. The van der Waals surface area contributed by atoms with Gasteiger partial charge in [0.1, 0.15) is 5.82 Å². The largest absolute Gasteiger partial charge is 0.352 e. The van der Waals surface area contributed by atoms with E-state index in [2.05, 4.69) is 25.9 Å². The smallest absolute Gasteiger partial charge is 0.317 e. The maximum atomic E-state index is 13.8. The van der Waals surface area contributed by atoms with Crippen LogP contribution in [0.15, 0.2) is 48.7 Å². The van der Waals surface area contributed by atoms with E-state index in [9.17, 15) is 14.4 Å². The molecule has 214 valence electrons. The Hall–Kier alpha value is -4.38. The second-order valence-electron chi connectivity index (χ2n) is 11.1. The lowest BCUT2D eigenvalue weighted by Gasteiger charge is -2.34. The Bertz CT molecular complexity index is 1470. The van der Waals surface area contributed by atoms with Gasteiger partial charge in [0.15, 0.2) is 0 Å². The van der Waals surface area contributed by atoms with Crippen LogP contribution in [-0.4, -0.2) is 76.2 Å². The number of aryl methyl sites for hydroxylation is 2. The Morgan fingerprint density at radius 3 is 2.59 bits per heavy atom. The van der Waals surface area contributed by atoms with Gasteiger partial charge in [-0.2, -0.15) is 5.10 Å². The van der Waals surface area contributed by atoms with Gasteiger partial charge < -0.3 is 25.8 Å². The topological polar surface area (TPSA) is 115 Å². The SMILES string of the molecule is Cc1cc(C(=O)N2Cc3cnn(C)c3Nc3ccccc32)ccc1CNC(=O)N1CCN(CC(=O)NC2CC2)CC1. The molecule has 3 heterocycles. The number of nitrogens with one attached hydrogen (secondary N) is 3. The average Bonchev–Trinajstić information content (AvgIpc) is 3.75. The number of para-hydroxylation sites is 2. The molecule has 41 heavy (non-hydrogen) atoms. The number of urea groups is 1. The zero-order valence-corrected chi connectivity index (χ0v) is 23.5. The van der Waals surface area contributed by atoms with Gasteiger partial charge in [0, 0.05) is 56.9 Å². The minimum absolute atomic E-state index is 0.0707. The highest BCUT2D eigenvalue weighted by Crippen LogP contribution is 2.36. The standard InChI is InChI=1S/C30H36N8O3/c1-20-15-21(29(40)38-18-23-17-32-35(2)28(23)34-25-5-3-4-6-26(25)38)7-8-22(20)16-31-30(41)37-13-11-36(12-14-37)19-27(39)33-24-9-10-24/h3-8,15,17,24,34H,9-14,16,18-19H2,1-2H3,(H,31,41)(H,33,39). The molecule has 3 aromatic rings. The first-order chi connectivity index (χ1) is 19.9. The van der Waals surface area contributed by atoms with Crippen LogP contribution in [0.4, 0.5) is 22.0 Å². The third kappa shape index (κ3) is 5.90. The Labute approximate surface area is 239 Å². The normalized spacial score (nSPS) is 16.7. The molecule has 3 aliphatic rings. The van der Waals surface area contributed by atoms with Gasteiger partial charge >= 0.3 is 6.03 Å². The zero-order chi connectivity index (χ0) is 28.5. The Morgan fingerprint density at radius 1 is 1.05 bits per heavy atom. The van der Waals surface area contributed by atoms with Gasteiger partial charge in [0.2, 0.25) is 5.91 Å². The molecule has 1 aromatic heterocycles. The van der Waals surface area contributed by atoms with E-state index in [1.165, 1.54) is 0 Å². The molecule has 11 heteroatoms. The number of hydrogen-bond donors (Lipinski definition) is 3. The van der Waals surface area contributed by atoms with E-state index in [-0.39, 0.29) is 17.8 Å². The molecule has 0 bridgehead atoms. The van der Waals surface area contributed by atoms with E-state index in [4.69, 9.17) is 0 Å². The van der Waals surface area contributed by atoms with Crippen molar-refractivity contribution in [3.8, 4) is 0 Å². The molecule has 0 atom stereocenters. The molecule has 1 aliphatic carbocycles. The fraction of sp³-hybridized carbons (Fsp3) is 0.400. The van der Waals surface area contributed by atoms with Crippen molar-refractivity contribution < 1.29 is 14.4 Å². The van der Waals surface area contributed by atoms with Crippen LogP contribution >= 0.6 is 0 Å². The van der Waals surface area contributed by atoms with Crippen molar-refractivity contribution in [2.24, 2.45) is 7.05 Å². The number of aromatic nitrogens is 2. The number of rotatable bonds is 6. The molecule has 0 radical (unpaired) electrons. The number of anilines is 3. The van der Waals surface area contributed by atoms with Crippen molar-refractivity contribution in [3.05, 3.63) is 70.9 Å². The number of carbonyl (C=O) groups excluding carboxylic acids is 3. The van der Waals surface area contributed by atoms with Crippen LogP contribution in [0.1, 0.15) is 39.9 Å². The molecule has 4 amide bonds. The van der Waals surface area contributed by atoms with Crippen molar-refractivity contribution >= 4 is 35.0 Å². The molecule has 1 saturated carbocycles. The summed E-state index contributed by atoms with van der Waals surface area (Å²) in [5.41, 5.74) is 5.08. The van der Waals surface area contributed by atoms with Gasteiger partial charge in [-0.1, -0.05) is 18.2 Å². The summed E-state index contributed by atoms with van der Waals surface area (Å²) in [6, 6.07) is 13.6. The van der Waals surface area contributed by atoms with Crippen LogP contribution in [0, 0.1) is 6.92 Å². The number of fused-ring (bicyclic) bond motifs is 2. The minimum atomic E-state index is -0.118. The van der Waals surface area contributed by atoms with Gasteiger partial charge in [-0.05, 0) is 55.2 Å². The van der Waals surface area contributed by atoms with Crippen molar-refractivity contribution in [1.29, 1.82) is 0 Å². The molecule has 6 rings (SSSR count). The molecule has 2 aliphatic heterocycles. The fourth-order valence-electron chi connectivity index (χ4n) is 5.42. The van der Waals surface area contributed by atoms with Gasteiger partial charge in [-0.25, -0.2) is 4.79 Å². The van der Waals surface area contributed by atoms with E-state index >= 15 is 0 Å². The quantitative estimate of drug-likeness (QED) is 0.430. The zero-order valence-electron chi connectivity index (χ0n) is 23.5. The first-order valence-corrected chi connectivity index (χ1v) is 14.2. The van der Waals surface area contributed by atoms with Gasteiger partial charge in [-0.15, -0.1) is 0 Å². The summed E-state index contributed by atoms with van der Waals surface area (Å²) >= 11 is 0. The molecule has 0 unspecified atom stereocenters. The first-order valence-electron chi connectivity index (χ1n) is 14.2. The number of carbonyl (C=O) groups is 3. The fourth-order valence-corrected chi connectivity index (χ4v) is 5.42. The number of benzene rings is 2. The third-order valence-electron chi connectivity index (χ3n) is 8.02. The molecule has 0 spiro atoms. The average molecular weight is 557 g/mol. The molecular formula is C30H36N8O3. The third-order valence-corrected chi connectivity index (χ3v) is 8.02. The van der Waals surface area contributed by atoms with Gasteiger partial charge in [-0.3, -0.25) is 19.2 Å². The highest BCUT2D eigenvalue weighted by Gasteiger charge is 2.28. The summed E-state index contributed by atoms with van der Waals surface area (Å²) in [6.45, 7) is 5.65. The highest BCUT2D eigenvalue weighted by atomic mass is 16.2. The molecule has 2 aromatic carbocycles. The molecule has 11 nitrogen and oxygen atoms in total. The number of nitrogens with zero attached hydrogens (tertiary/aromatic N) is 5. The van der Waals surface area contributed by atoms with Crippen LogP contribution in [-0.2, 0) is 24.9 Å². The number of hydrogen-bond acceptors (Lipinski definition) is 6. The summed E-state index contributed by atoms with van der Waals surface area (Å²) in [5.74, 6) is 0.843. The summed E-state index contributed by atoms with van der Waals surface area (Å²) in [4.78, 5) is 44.4. The van der Waals surface area contributed by atoms with Crippen molar-refractivity contribution in [3.63, 3.8) is 0 Å². The second-order valence-corrected chi connectivity index (χ2v) is 11.1. The van der Waals surface area contributed by atoms with E-state index in [1.807, 2.05) is 56.4 Å². The summed E-state index contributed by atoms with van der Waals surface area (Å²) in [5, 5.41) is 13.8. The van der Waals surface area contributed by atoms with Crippen LogP contribution in [0.3, 0.4) is 0 Å². The lowest BCUT2D eigenvalue weighted by molar-refractivity contribution is -0.122. The van der Waals surface area contributed by atoms with Crippen molar-refractivity contribution in [2.45, 2.75) is 38.9 Å². The van der Waals surface area contributed by atoms with E-state index in [0.29, 0.717) is 57.4 Å². The molecular weight excluding hydrogens is 520 g/mol. The van der Waals surface area contributed by atoms with Crippen LogP contribution in [0.25, 0.3) is 0 Å². The number of amides is 4. The van der Waals surface area contributed by atoms with Crippen LogP contribution < -0.4 is 20.9 Å². The summed E-state index contributed by atoms with van der Waals surface area (Å²) in [6.07, 6.45) is 3.95. The Balaban J connectivity index is 1.06. The predicted molar refractivity (Wildman–Crippen MR) is 156 cm³/mol. The first kappa shape index (κ1) is 26.8. The highest BCUT2D eigenvalue weighted by molar-refractivity contribution is 6.08. The van der Waals surface area contributed by atoms with Crippen molar-refractivity contribution in [2.75, 3.05) is 42.9 Å². The van der Waals surface area contributed by atoms with E-state index in [0.717, 1.165) is 46.7 Å². The van der Waals surface area contributed by atoms with Crippen LogP contribution in [0.2, 0.25) is 0 Å². The Morgan fingerprint density at radius 2 is 1.83 bits per heavy atom. The molecule has 1 saturated heterocycles. The summed E-state index contributed by atoms with van der Waals surface area (Å²) in [7, 11) is 1.88. The minimum Gasteiger partial charge on any atom is -0.352 e. The lowest BCUT2D eigenvalue weighted by Crippen LogP contribution is -2.53.